The molecular weight excluding hydrogens is 728 g/mol. The monoisotopic (exact) mass is 789 g/mol. The van der Waals surface area contributed by atoms with E-state index < -0.39 is 45.9 Å². The molecule has 304 valence electrons. The molecule has 1 aromatic carbocycles. The number of carboxylic acid groups (broad SMARTS) is 1. The summed E-state index contributed by atoms with van der Waals surface area (Å²) in [5.74, 6) is -1.09. The number of halogens is 1. The van der Waals surface area contributed by atoms with E-state index in [-0.39, 0.29) is 65.7 Å². The molecule has 10 atom stereocenters. The van der Waals surface area contributed by atoms with Crippen LogP contribution in [-0.4, -0.2) is 63.0 Å². The summed E-state index contributed by atoms with van der Waals surface area (Å²) < 4.78 is 6.16. The number of rotatable bonds is 10. The van der Waals surface area contributed by atoms with E-state index in [9.17, 15) is 29.4 Å². The van der Waals surface area contributed by atoms with E-state index in [0.717, 1.165) is 55.2 Å². The van der Waals surface area contributed by atoms with Gasteiger partial charge in [-0.1, -0.05) is 74.8 Å². The third-order valence-electron chi connectivity index (χ3n) is 17.1. The van der Waals surface area contributed by atoms with Crippen LogP contribution in [-0.2, 0) is 30.5 Å². The summed E-state index contributed by atoms with van der Waals surface area (Å²) in [6.07, 6.45) is 5.40. The van der Waals surface area contributed by atoms with Crippen molar-refractivity contribution in [2.75, 3.05) is 6.54 Å². The molecule has 4 fully saturated rings. The molecule has 10 heteroatoms. The Labute approximate surface area is 337 Å². The minimum atomic E-state index is -1.22. The number of nitrogens with zero attached hydrogens (tertiary/aromatic N) is 2. The highest BCUT2D eigenvalue weighted by atomic mass is 35.5. The van der Waals surface area contributed by atoms with Gasteiger partial charge in [-0.2, -0.15) is 0 Å². The molecule has 9 nitrogen and oxygen atoms in total. The van der Waals surface area contributed by atoms with Gasteiger partial charge in [-0.3, -0.25) is 19.2 Å². The lowest BCUT2D eigenvalue weighted by Gasteiger charge is -2.71. The van der Waals surface area contributed by atoms with Crippen molar-refractivity contribution in [3.63, 3.8) is 0 Å². The van der Waals surface area contributed by atoms with Crippen molar-refractivity contribution >= 4 is 35.2 Å². The summed E-state index contributed by atoms with van der Waals surface area (Å²) in [5.41, 5.74) is -0.547. The molecule has 0 bridgehead atoms. The minimum absolute atomic E-state index is 0.0123. The first-order valence-electron chi connectivity index (χ1n) is 20.9. The average molecular weight is 790 g/mol. The van der Waals surface area contributed by atoms with Crippen LogP contribution in [0.2, 0.25) is 5.02 Å². The van der Waals surface area contributed by atoms with Gasteiger partial charge in [-0.05, 0) is 112 Å². The minimum Gasteiger partial charge on any atom is -0.481 e. The lowest BCUT2D eigenvalue weighted by molar-refractivity contribution is -0.232. The van der Waals surface area contributed by atoms with Crippen LogP contribution in [0.1, 0.15) is 132 Å². The van der Waals surface area contributed by atoms with E-state index in [4.69, 9.17) is 21.2 Å². The predicted octanol–water partition coefficient (Wildman–Crippen LogP) is 8.89. The second-order valence-corrected chi connectivity index (χ2v) is 20.8. The molecule has 6 aliphatic rings. The highest BCUT2D eigenvalue weighted by Crippen LogP contribution is 2.79. The number of carbonyl (C=O) groups excluding carboxylic acids is 3. The number of ketones is 1. The molecule has 56 heavy (non-hydrogen) atoms. The number of carbonyl (C=O) groups is 4. The molecule has 1 aromatic rings. The number of esters is 1. The normalized spacial score (nSPS) is 38.8. The molecule has 0 saturated heterocycles. The van der Waals surface area contributed by atoms with Gasteiger partial charge >= 0.3 is 17.5 Å². The number of benzene rings is 1. The topological polar surface area (TPSA) is 126 Å². The predicted molar refractivity (Wildman–Crippen MR) is 215 cm³/mol. The second-order valence-electron chi connectivity index (χ2n) is 20.3. The molecule has 1 heterocycles. The van der Waals surface area contributed by atoms with Gasteiger partial charge in [0.1, 0.15) is 6.10 Å². The molecule has 2 N–H and O–H groups in total. The van der Waals surface area contributed by atoms with E-state index in [0.29, 0.717) is 23.8 Å². The lowest BCUT2D eigenvalue weighted by atomic mass is 9.30. The summed E-state index contributed by atoms with van der Waals surface area (Å²) in [5, 5.41) is 22.7. The first-order chi connectivity index (χ1) is 26.0. The van der Waals surface area contributed by atoms with Crippen molar-refractivity contribution in [2.45, 2.75) is 151 Å². The maximum absolute atomic E-state index is 14.2. The van der Waals surface area contributed by atoms with Crippen molar-refractivity contribution in [3.8, 4) is 6.07 Å². The van der Waals surface area contributed by atoms with E-state index in [1.54, 1.807) is 18.7 Å². The van der Waals surface area contributed by atoms with Gasteiger partial charge in [0, 0.05) is 43.3 Å². The smallest absolute Gasteiger partial charge is 0.312 e. The van der Waals surface area contributed by atoms with E-state index in [1.165, 1.54) is 6.92 Å². The Morgan fingerprint density at radius 1 is 1.00 bits per heavy atom. The second kappa shape index (κ2) is 13.4. The lowest BCUT2D eigenvalue weighted by Crippen LogP contribution is -2.75. The van der Waals surface area contributed by atoms with Gasteiger partial charge in [-0.15, -0.1) is 0 Å². The average Bonchev–Trinajstić information content (AvgIpc) is 3.42. The van der Waals surface area contributed by atoms with Crippen LogP contribution in [0, 0.1) is 56.3 Å². The fourth-order valence-electron chi connectivity index (χ4n) is 13.6. The van der Waals surface area contributed by atoms with Gasteiger partial charge < -0.3 is 19.8 Å². The van der Waals surface area contributed by atoms with Gasteiger partial charge in [-0.25, -0.2) is 0 Å². The fourth-order valence-corrected chi connectivity index (χ4v) is 13.8. The quantitative estimate of drug-likeness (QED) is 0.227. The number of allylic oxidation sites excluding steroid dienone is 1. The molecule has 1 aliphatic heterocycles. The first kappa shape index (κ1) is 41.0. The van der Waals surface area contributed by atoms with Crippen LogP contribution in [0.5, 0.6) is 0 Å². The van der Waals surface area contributed by atoms with Crippen molar-refractivity contribution in [1.29, 1.82) is 0 Å². The van der Waals surface area contributed by atoms with Crippen molar-refractivity contribution in [2.24, 2.45) is 50.2 Å². The highest BCUT2D eigenvalue weighted by Gasteiger charge is 2.85. The van der Waals surface area contributed by atoms with E-state index >= 15 is 0 Å². The van der Waals surface area contributed by atoms with Gasteiger partial charge in [0.25, 0.3) is 6.07 Å². The number of hydrogen-bond donors (Lipinski definition) is 2. The molecule has 0 unspecified atom stereocenters. The van der Waals surface area contributed by atoms with Gasteiger partial charge in [0.2, 0.25) is 11.3 Å². The summed E-state index contributed by atoms with van der Waals surface area (Å²) in [6.45, 7) is 18.7. The van der Waals surface area contributed by atoms with Gasteiger partial charge in [0.15, 0.2) is 5.78 Å². The summed E-state index contributed by atoms with van der Waals surface area (Å²) in [6, 6.07) is 10.9. The van der Waals surface area contributed by atoms with Crippen molar-refractivity contribution in [3.05, 3.63) is 50.8 Å². The molecule has 5 aliphatic carbocycles. The maximum atomic E-state index is 14.2. The first-order valence-corrected chi connectivity index (χ1v) is 21.3. The molecule has 0 aromatic heterocycles. The molecule has 1 amide bonds. The van der Waals surface area contributed by atoms with Crippen LogP contribution >= 0.6 is 11.6 Å². The van der Waals surface area contributed by atoms with Crippen LogP contribution < -0.4 is 0 Å². The summed E-state index contributed by atoms with van der Waals surface area (Å²) in [4.78, 5) is 59.1. The number of hydrogen-bond acceptors (Lipinski definition) is 6. The number of fused-ring (bicyclic) bond motifs is 6. The number of aliphatic hydroxyl groups excluding tert-OH is 1. The molecule has 1 spiro atoms. The Hall–Kier alpha value is -3.22. The number of ether oxygens (including phenoxy) is 1. The standard InChI is InChI=1S/C46H61ClN2O7/c1-27(2)37-32(51)22-45(34(52)25-49(28(3)50)24-29-12-10-11-13-31(29)47)20-18-41(6)30(38(37)45)14-15-33-42(41,7)19-21-46-43(33,8)17-16-35(44(46,9)26-48-46)56-36(53)23-40(4,5)39(54)55/h10-13,27,30,33-35,52H,14-25H2,1-9H3/p+1/t30-,33+,34-,35+,41-,42-,43-,44-,45+,46+/m1/s1. The zero-order valence-corrected chi connectivity index (χ0v) is 35.6. The van der Waals surface area contributed by atoms with Crippen molar-refractivity contribution < 1.29 is 34.1 Å². The Morgan fingerprint density at radius 2 is 1.68 bits per heavy atom. The highest BCUT2D eigenvalue weighted by molar-refractivity contribution is 6.31. The number of amides is 1. The van der Waals surface area contributed by atoms with Crippen molar-refractivity contribution in [1.82, 2.24) is 4.90 Å². The Balaban J connectivity index is 1.19. The fraction of sp³-hybridized carbons (Fsp3) is 0.717. The largest absolute Gasteiger partial charge is 0.481 e. The Kier molecular flexibility index (Phi) is 9.81. The number of aliphatic hydroxyl groups is 1. The Morgan fingerprint density at radius 3 is 2.29 bits per heavy atom. The zero-order valence-electron chi connectivity index (χ0n) is 34.9. The number of Topliss-reactive ketones (excluding diaryl/α,β-unsaturated/α-hetero) is 1. The molecule has 0 radical (unpaired) electrons. The molecular formula is C46H62ClN2O7+. The summed E-state index contributed by atoms with van der Waals surface area (Å²) >= 11 is 6.52. The maximum Gasteiger partial charge on any atom is 0.312 e. The SMILES string of the molecule is CC(=O)N(Cc1ccccc1Cl)C[C@@H](O)[C@@]12CC[C@]3(C)[C@H](CC[C@@H]4[C@@]5(C)CC[C@H](OC(=O)CC(C)(C)C(=O)O)[C@@]6(C)C#[N+][C@]65CC[C@]43C)C1=C(C(C)C)C(=O)C2. The molecule has 7 rings (SSSR count). The summed E-state index contributed by atoms with van der Waals surface area (Å²) in [7, 11) is 0. The van der Waals surface area contributed by atoms with Crippen LogP contribution in [0.15, 0.2) is 35.4 Å². The third kappa shape index (κ3) is 5.53. The molecule has 4 saturated carbocycles. The van der Waals surface area contributed by atoms with E-state index in [1.807, 2.05) is 24.3 Å². The number of aliphatic carboxylic acids is 1. The number of carboxylic acids is 1. The van der Waals surface area contributed by atoms with Crippen LogP contribution in [0.3, 0.4) is 0 Å². The van der Waals surface area contributed by atoms with Crippen LogP contribution in [0.25, 0.3) is 4.85 Å². The van der Waals surface area contributed by atoms with Gasteiger partial charge in [0.05, 0.1) is 23.4 Å². The Bertz CT molecular complexity index is 1960. The third-order valence-corrected chi connectivity index (χ3v) is 17.4. The van der Waals surface area contributed by atoms with Crippen LogP contribution in [0.4, 0.5) is 0 Å². The zero-order chi connectivity index (χ0) is 41.0. The van der Waals surface area contributed by atoms with E-state index in [2.05, 4.69) is 47.6 Å².